The molecule has 2 N–H and O–H groups in total. The molecule has 4 saturated heterocycles. The molecule has 14 rings (SSSR count). The van der Waals surface area contributed by atoms with Crippen LogP contribution in [0.2, 0.25) is 0 Å². The van der Waals surface area contributed by atoms with Crippen molar-refractivity contribution in [3.8, 4) is 34.0 Å². The van der Waals surface area contributed by atoms with Gasteiger partial charge >= 0.3 is 30.8 Å². The van der Waals surface area contributed by atoms with Crippen LogP contribution < -0.4 is 38.1 Å². The summed E-state index contributed by atoms with van der Waals surface area (Å²) in [5, 5.41) is 15.7. The van der Waals surface area contributed by atoms with Gasteiger partial charge in [-0.05, 0) is 155 Å². The van der Waals surface area contributed by atoms with Crippen LogP contribution in [-0.2, 0) is 49.9 Å². The van der Waals surface area contributed by atoms with Crippen LogP contribution in [0, 0.1) is 36.5 Å². The van der Waals surface area contributed by atoms with Gasteiger partial charge in [0.2, 0.25) is 0 Å². The van der Waals surface area contributed by atoms with E-state index in [1.165, 1.54) is 0 Å². The molecule has 2 aliphatic carbocycles. The fraction of sp³-hybridized carbons (Fsp3) is 0.500. The predicted octanol–water partition coefficient (Wildman–Crippen LogP) is 8.93. The zero-order valence-electron chi connectivity index (χ0n) is 49.7. The topological polar surface area (TPSA) is 203 Å². The fourth-order valence-electron chi connectivity index (χ4n) is 13.9. The average Bonchev–Trinajstić information content (AvgIpc) is 1.74. The maximum atomic E-state index is 13.3. The second kappa shape index (κ2) is 27.8. The van der Waals surface area contributed by atoms with Crippen molar-refractivity contribution in [1.29, 1.82) is 0 Å². The summed E-state index contributed by atoms with van der Waals surface area (Å²) in [6, 6.07) is 25.1. The van der Waals surface area contributed by atoms with Gasteiger partial charge in [-0.3, -0.25) is 19.2 Å². The van der Waals surface area contributed by atoms with Gasteiger partial charge in [-0.2, -0.15) is 0 Å². The number of ether oxygens (including phenoxy) is 5. The van der Waals surface area contributed by atoms with Gasteiger partial charge in [0, 0.05) is 111 Å². The Bertz CT molecular complexity index is 3490. The fourth-order valence-corrected chi connectivity index (χ4v) is 15.6. The first kappa shape index (κ1) is 66.1. The second-order valence-corrected chi connectivity index (χ2v) is 26.0. The molecule has 464 valence electrons. The molecule has 2 saturated carbocycles. The van der Waals surface area contributed by atoms with Gasteiger partial charge < -0.3 is 53.9 Å². The molecule has 20 heteroatoms. The van der Waals surface area contributed by atoms with Crippen molar-refractivity contribution in [2.75, 3.05) is 82.1 Å². The molecule has 2 amide bonds. The monoisotopic (exact) mass is 1230 g/mol. The molecular formula is C68H83LiN6O11S2. The van der Waals surface area contributed by atoms with E-state index < -0.39 is 11.4 Å². The van der Waals surface area contributed by atoms with Crippen LogP contribution in [0.4, 0.5) is 10.3 Å². The molecule has 17 nitrogen and oxygen atoms in total. The summed E-state index contributed by atoms with van der Waals surface area (Å²) < 4.78 is 29.1. The first-order chi connectivity index (χ1) is 40.9. The predicted molar refractivity (Wildman–Crippen MR) is 338 cm³/mol. The zero-order valence-corrected chi connectivity index (χ0v) is 51.4. The van der Waals surface area contributed by atoms with Crippen molar-refractivity contribution in [2.45, 2.75) is 125 Å². The Labute approximate surface area is 537 Å². The van der Waals surface area contributed by atoms with Crippen molar-refractivity contribution < 1.29 is 72.3 Å². The third-order valence-electron chi connectivity index (χ3n) is 19.1. The number of hydrogen-bond donors (Lipinski definition) is 1. The van der Waals surface area contributed by atoms with Crippen molar-refractivity contribution in [3.05, 3.63) is 128 Å². The number of esters is 1. The number of aromatic nitrogens is 2. The number of nitrogens with zero attached hydrogens (tertiary/aromatic N) is 6. The number of carbonyl (C=O) groups is 4. The molecule has 6 aliphatic heterocycles. The van der Waals surface area contributed by atoms with Crippen molar-refractivity contribution in [2.24, 2.45) is 22.7 Å². The Balaban J connectivity index is 0.000000201. The Morgan fingerprint density at radius 1 is 0.625 bits per heavy atom. The summed E-state index contributed by atoms with van der Waals surface area (Å²) in [4.78, 5) is 69.3. The van der Waals surface area contributed by atoms with Crippen LogP contribution in [0.1, 0.15) is 127 Å². The van der Waals surface area contributed by atoms with Gasteiger partial charge in [0.1, 0.15) is 24.7 Å². The first-order valence-electron chi connectivity index (χ1n) is 30.2. The van der Waals surface area contributed by atoms with E-state index in [1.807, 2.05) is 59.2 Å². The minimum Gasteiger partial charge on any atom is -0.870 e. The molecule has 0 unspecified atom stereocenters. The van der Waals surface area contributed by atoms with E-state index in [-0.39, 0.29) is 80.4 Å². The van der Waals surface area contributed by atoms with Crippen molar-refractivity contribution in [1.82, 2.24) is 19.8 Å². The van der Waals surface area contributed by atoms with Crippen LogP contribution in [0.3, 0.4) is 0 Å². The third kappa shape index (κ3) is 13.3. The van der Waals surface area contributed by atoms with Gasteiger partial charge in [-0.25, -0.2) is 9.97 Å². The van der Waals surface area contributed by atoms with E-state index in [0.717, 1.165) is 212 Å². The standard InChI is InChI=1S/C34H39N3O5S.C32H35N3O5S.2CH4.Li.H2O/c1-3-41-32(39)34-11-13-36(19-25(34)18-34)33-35-29(21-43-33)28-16-22(2)4-7-30(28)42-20-23-5-6-27-24(17-23)8-12-37(31(27)38)26-9-14-40-15-10-26;1-20-2-5-28(26(14-20)27-19-41-31(33-27)34-11-9-32(30(37)38)16-23(32)17-34)40-18-21-3-4-25-22(15-21)6-10-35(29(25)36)24-7-12-39-13-8-24;;;;/h4-7,16-17,21,25-26H,3,8-15,18-20H2,1-2H3;2-5,14-15,19,23-24H,6-13,16-18H2,1H3,(H,37,38);2*1H4;;1H2/q;;;;+1;/p-1/t25-,34+;23-,32+;;;;/m00..../s1. The van der Waals surface area contributed by atoms with Gasteiger partial charge in [0.15, 0.2) is 10.3 Å². The molecule has 4 atom stereocenters. The first-order valence-corrected chi connectivity index (χ1v) is 31.9. The molecule has 4 aromatic carbocycles. The van der Waals surface area contributed by atoms with Crippen molar-refractivity contribution >= 4 is 56.7 Å². The number of carboxylic acid groups (broad SMARTS) is 1. The maximum absolute atomic E-state index is 13.3. The number of aliphatic carboxylic acids is 1. The van der Waals surface area contributed by atoms with Gasteiger partial charge in [-0.15, -0.1) is 22.7 Å². The maximum Gasteiger partial charge on any atom is 1.00 e. The average molecular weight is 1230 g/mol. The SMILES string of the molecule is C.C.CCOC(=O)[C@@]12CCN(c3nc(-c4cc(C)ccc4OCc4ccc5c(c4)CCN(C4CCOCC4)C5=O)cs3)C[C@@H]1C2.Cc1ccc(OCc2ccc3c(c2)CCN(C2CCOCC2)C3=O)c(-c2csc(N3CC[C@@]4(C(=O)O)C[C@H]4C3)n2)c1.[Li+].[OH-]. The van der Waals surface area contributed by atoms with E-state index >= 15 is 0 Å². The van der Waals surface area contributed by atoms with Crippen LogP contribution in [0.5, 0.6) is 11.5 Å². The molecular weight excluding hydrogens is 1150 g/mol. The zero-order chi connectivity index (χ0) is 57.7. The molecule has 8 heterocycles. The van der Waals surface area contributed by atoms with Crippen LogP contribution >= 0.6 is 22.7 Å². The van der Waals surface area contributed by atoms with Crippen LogP contribution in [0.25, 0.3) is 22.5 Å². The summed E-state index contributed by atoms with van der Waals surface area (Å²) in [5.41, 5.74) is 11.1. The quantitative estimate of drug-likeness (QED) is 0.0753. The smallest absolute Gasteiger partial charge is 0.870 e. The molecule has 8 aliphatic rings. The number of rotatable bonds is 15. The Kier molecular flexibility index (Phi) is 20.9. The Morgan fingerprint density at radius 2 is 1.07 bits per heavy atom. The summed E-state index contributed by atoms with van der Waals surface area (Å²) in [7, 11) is 0. The molecule has 0 bridgehead atoms. The number of benzene rings is 4. The normalized spacial score (nSPS) is 22.7. The van der Waals surface area contributed by atoms with Gasteiger partial charge in [-0.1, -0.05) is 62.4 Å². The number of piperidine rings is 2. The largest absolute Gasteiger partial charge is 1.00 e. The van der Waals surface area contributed by atoms with Crippen LogP contribution in [0.15, 0.2) is 83.6 Å². The number of anilines is 2. The molecule has 2 aromatic heterocycles. The van der Waals surface area contributed by atoms with Gasteiger partial charge in [0.05, 0.1) is 28.8 Å². The van der Waals surface area contributed by atoms with E-state index in [1.54, 1.807) is 22.7 Å². The van der Waals surface area contributed by atoms with E-state index in [0.29, 0.717) is 32.2 Å². The van der Waals surface area contributed by atoms with Crippen molar-refractivity contribution in [3.63, 3.8) is 0 Å². The number of carboxylic acids is 1. The number of fused-ring (bicyclic) bond motifs is 4. The molecule has 88 heavy (non-hydrogen) atoms. The third-order valence-corrected chi connectivity index (χ3v) is 20.9. The summed E-state index contributed by atoms with van der Waals surface area (Å²) >= 11 is 3.25. The van der Waals surface area contributed by atoms with E-state index in [4.69, 9.17) is 33.7 Å². The Hall–Kier alpha value is -6.30. The molecule has 0 radical (unpaired) electrons. The molecule has 6 aromatic rings. The number of hydrogen-bond acceptors (Lipinski definition) is 16. The number of thiazole rings is 2. The molecule has 0 spiro atoms. The Morgan fingerprint density at radius 3 is 1.50 bits per heavy atom. The summed E-state index contributed by atoms with van der Waals surface area (Å²) in [6.07, 6.45) is 8.58. The van der Waals surface area contributed by atoms with E-state index in [9.17, 15) is 24.3 Å². The van der Waals surface area contributed by atoms with Gasteiger partial charge in [0.25, 0.3) is 11.8 Å². The summed E-state index contributed by atoms with van der Waals surface area (Å²) in [6.45, 7) is 14.9. The summed E-state index contributed by atoms with van der Waals surface area (Å²) in [5.74, 6) is 1.74. The van der Waals surface area contributed by atoms with E-state index in [2.05, 4.69) is 64.7 Å². The number of carbonyl (C=O) groups excluding carboxylic acids is 3. The number of aryl methyl sites for hydroxylation is 2. The second-order valence-electron chi connectivity index (χ2n) is 24.3. The minimum absolute atomic E-state index is 0. The minimum atomic E-state index is -0.647. The van der Waals surface area contributed by atoms with Crippen LogP contribution in [-0.4, -0.2) is 138 Å². The number of amides is 2. The molecule has 6 fully saturated rings.